The monoisotopic (exact) mass is 323 g/mol. The average molecular weight is 325 g/mol. The molecule has 2 N–H and O–H groups in total. The second-order valence-electron chi connectivity index (χ2n) is 3.38. The number of pyridine rings is 1. The van der Waals surface area contributed by atoms with Crippen molar-refractivity contribution in [1.29, 1.82) is 5.26 Å². The number of hydrogen-bond acceptors (Lipinski definition) is 4. The number of rotatable bonds is 2. The number of benzene rings is 1. The van der Waals surface area contributed by atoms with Crippen LogP contribution in [0.4, 0.5) is 5.69 Å². The minimum Gasteiger partial charge on any atom is -0.437 e. The Morgan fingerprint density at radius 3 is 2.78 bits per heavy atom. The summed E-state index contributed by atoms with van der Waals surface area (Å²) in [6.45, 7) is 0. The van der Waals surface area contributed by atoms with Crippen LogP contribution in [0.3, 0.4) is 0 Å². The third-order valence-electron chi connectivity index (χ3n) is 2.12. The van der Waals surface area contributed by atoms with E-state index in [-0.39, 0.29) is 11.6 Å². The predicted octanol–water partition coefficient (Wildman–Crippen LogP) is 3.74. The Kier molecular flexibility index (Phi) is 3.70. The van der Waals surface area contributed by atoms with Gasteiger partial charge in [0.2, 0.25) is 5.88 Å². The number of anilines is 1. The summed E-state index contributed by atoms with van der Waals surface area (Å²) in [4.78, 5) is 3.97. The molecular weight excluding hydrogens is 318 g/mol. The molecule has 6 heteroatoms. The summed E-state index contributed by atoms with van der Waals surface area (Å²) in [6, 6.07) is 10.2. The molecule has 0 bridgehead atoms. The Labute approximate surface area is 117 Å². The van der Waals surface area contributed by atoms with E-state index in [9.17, 15) is 0 Å². The number of aromatic nitrogens is 1. The summed E-state index contributed by atoms with van der Waals surface area (Å²) < 4.78 is 6.34. The lowest BCUT2D eigenvalue weighted by atomic mass is 10.3. The van der Waals surface area contributed by atoms with Gasteiger partial charge in [-0.1, -0.05) is 27.5 Å². The summed E-state index contributed by atoms with van der Waals surface area (Å²) in [5, 5.41) is 9.27. The van der Waals surface area contributed by atoms with Gasteiger partial charge in [0, 0.05) is 10.5 Å². The van der Waals surface area contributed by atoms with Gasteiger partial charge < -0.3 is 10.5 Å². The fourth-order valence-electron chi connectivity index (χ4n) is 1.27. The Morgan fingerprint density at radius 2 is 2.11 bits per heavy atom. The zero-order chi connectivity index (χ0) is 13.1. The number of nitrogens with two attached hydrogens (primary N) is 1. The van der Waals surface area contributed by atoms with Crippen LogP contribution in [0.2, 0.25) is 5.02 Å². The highest BCUT2D eigenvalue weighted by molar-refractivity contribution is 9.10. The molecule has 90 valence electrons. The zero-order valence-electron chi connectivity index (χ0n) is 9.02. The maximum absolute atomic E-state index is 8.82. The molecule has 1 aromatic carbocycles. The first-order valence-corrected chi connectivity index (χ1v) is 6.07. The van der Waals surface area contributed by atoms with Crippen molar-refractivity contribution in [3.63, 3.8) is 0 Å². The summed E-state index contributed by atoms with van der Waals surface area (Å²) in [5.41, 5.74) is 6.01. The van der Waals surface area contributed by atoms with Crippen LogP contribution in [0.5, 0.6) is 11.6 Å². The number of hydrogen-bond donors (Lipinski definition) is 1. The van der Waals surface area contributed by atoms with Crippen molar-refractivity contribution in [3.8, 4) is 17.7 Å². The van der Waals surface area contributed by atoms with Gasteiger partial charge in [-0.05, 0) is 24.3 Å². The first kappa shape index (κ1) is 12.7. The molecule has 0 fully saturated rings. The third-order valence-corrected chi connectivity index (χ3v) is 2.90. The first-order valence-electron chi connectivity index (χ1n) is 4.89. The highest BCUT2D eigenvalue weighted by Gasteiger charge is 2.07. The van der Waals surface area contributed by atoms with Crippen molar-refractivity contribution >= 4 is 33.2 Å². The molecule has 0 aliphatic rings. The molecule has 1 heterocycles. The van der Waals surface area contributed by atoms with Crippen LogP contribution in [-0.2, 0) is 0 Å². The van der Waals surface area contributed by atoms with Crippen molar-refractivity contribution in [2.75, 3.05) is 5.73 Å². The topological polar surface area (TPSA) is 71.9 Å². The number of ether oxygens (including phenoxy) is 1. The van der Waals surface area contributed by atoms with Gasteiger partial charge in [0.15, 0.2) is 5.69 Å². The predicted molar refractivity (Wildman–Crippen MR) is 72.6 cm³/mol. The molecule has 2 aromatic rings. The van der Waals surface area contributed by atoms with Crippen LogP contribution in [0.15, 0.2) is 34.8 Å². The fraction of sp³-hybridized carbons (Fsp3) is 0. The lowest BCUT2D eigenvalue weighted by molar-refractivity contribution is 0.463. The van der Waals surface area contributed by atoms with Gasteiger partial charge in [-0.25, -0.2) is 4.98 Å². The van der Waals surface area contributed by atoms with Crippen LogP contribution in [0.25, 0.3) is 0 Å². The Hall–Kier alpha value is -1.77. The smallest absolute Gasteiger partial charge is 0.220 e. The highest BCUT2D eigenvalue weighted by Crippen LogP contribution is 2.31. The fourth-order valence-corrected chi connectivity index (χ4v) is 1.98. The van der Waals surface area contributed by atoms with Crippen LogP contribution in [0.1, 0.15) is 5.69 Å². The second-order valence-corrected chi connectivity index (χ2v) is 4.70. The summed E-state index contributed by atoms with van der Waals surface area (Å²) in [7, 11) is 0. The zero-order valence-corrected chi connectivity index (χ0v) is 11.4. The molecule has 0 saturated heterocycles. The summed E-state index contributed by atoms with van der Waals surface area (Å²) in [5.74, 6) is 0.728. The van der Waals surface area contributed by atoms with Gasteiger partial charge in [0.1, 0.15) is 11.8 Å². The average Bonchev–Trinajstić information content (AvgIpc) is 2.35. The molecule has 0 amide bonds. The van der Waals surface area contributed by atoms with Crippen LogP contribution in [-0.4, -0.2) is 4.98 Å². The standard InChI is InChI=1S/C12H7BrClN3O/c13-7-1-3-11(8(14)5-7)18-12-4-2-9(16)10(6-15)17-12/h1-5H,16H2. The molecule has 0 aliphatic carbocycles. The van der Waals surface area contributed by atoms with Crippen LogP contribution in [0, 0.1) is 11.3 Å². The van der Waals surface area contributed by atoms with Gasteiger partial charge in [-0.15, -0.1) is 0 Å². The number of nitrogen functional groups attached to an aromatic ring is 1. The van der Waals surface area contributed by atoms with E-state index in [1.807, 2.05) is 6.07 Å². The number of nitriles is 1. The Morgan fingerprint density at radius 1 is 1.33 bits per heavy atom. The maximum atomic E-state index is 8.82. The van der Waals surface area contributed by atoms with Crippen molar-refractivity contribution in [3.05, 3.63) is 45.5 Å². The maximum Gasteiger partial charge on any atom is 0.220 e. The molecule has 2 rings (SSSR count). The quantitative estimate of drug-likeness (QED) is 0.913. The highest BCUT2D eigenvalue weighted by atomic mass is 79.9. The van der Waals surface area contributed by atoms with E-state index in [2.05, 4.69) is 20.9 Å². The lowest BCUT2D eigenvalue weighted by Crippen LogP contribution is -1.96. The van der Waals surface area contributed by atoms with E-state index >= 15 is 0 Å². The van der Waals surface area contributed by atoms with Gasteiger partial charge in [-0.3, -0.25) is 0 Å². The van der Waals surface area contributed by atoms with E-state index in [4.69, 9.17) is 27.3 Å². The van der Waals surface area contributed by atoms with E-state index in [0.717, 1.165) is 4.47 Å². The first-order chi connectivity index (χ1) is 8.60. The van der Waals surface area contributed by atoms with Crippen molar-refractivity contribution in [1.82, 2.24) is 4.98 Å². The largest absolute Gasteiger partial charge is 0.437 e. The molecule has 0 aliphatic heterocycles. The summed E-state index contributed by atoms with van der Waals surface area (Å²) >= 11 is 9.31. The van der Waals surface area contributed by atoms with Gasteiger partial charge in [0.25, 0.3) is 0 Å². The van der Waals surface area contributed by atoms with Gasteiger partial charge in [0.05, 0.1) is 10.7 Å². The van der Waals surface area contributed by atoms with E-state index in [1.165, 1.54) is 0 Å². The van der Waals surface area contributed by atoms with Gasteiger partial charge >= 0.3 is 0 Å². The molecule has 0 unspecified atom stereocenters. The second kappa shape index (κ2) is 5.25. The van der Waals surface area contributed by atoms with E-state index in [0.29, 0.717) is 16.5 Å². The van der Waals surface area contributed by atoms with Crippen molar-refractivity contribution < 1.29 is 4.74 Å². The Balaban J connectivity index is 2.32. The normalized spacial score (nSPS) is 9.83. The van der Waals surface area contributed by atoms with Crippen LogP contribution >= 0.6 is 27.5 Å². The molecular formula is C12H7BrClN3O. The lowest BCUT2D eigenvalue weighted by Gasteiger charge is -2.07. The minimum absolute atomic E-state index is 0.126. The molecule has 0 radical (unpaired) electrons. The molecule has 4 nitrogen and oxygen atoms in total. The minimum atomic E-state index is 0.126. The Bertz CT molecular complexity index is 640. The van der Waals surface area contributed by atoms with Crippen molar-refractivity contribution in [2.24, 2.45) is 0 Å². The molecule has 18 heavy (non-hydrogen) atoms. The number of nitrogens with zero attached hydrogens (tertiary/aromatic N) is 2. The third kappa shape index (κ3) is 2.73. The molecule has 0 saturated carbocycles. The van der Waals surface area contributed by atoms with Crippen molar-refractivity contribution in [2.45, 2.75) is 0 Å². The van der Waals surface area contributed by atoms with Gasteiger partial charge in [-0.2, -0.15) is 5.26 Å². The van der Waals surface area contributed by atoms with E-state index < -0.39 is 0 Å². The molecule has 1 aromatic heterocycles. The van der Waals surface area contributed by atoms with E-state index in [1.54, 1.807) is 30.3 Å². The number of halogens is 2. The summed E-state index contributed by atoms with van der Waals surface area (Å²) in [6.07, 6.45) is 0. The molecule has 0 spiro atoms. The molecule has 0 atom stereocenters. The SMILES string of the molecule is N#Cc1nc(Oc2ccc(Br)cc2Cl)ccc1N. The van der Waals surface area contributed by atoms with Crippen LogP contribution < -0.4 is 10.5 Å².